The molecular weight excluding hydrogens is 240 g/mol. The van der Waals surface area contributed by atoms with Crippen molar-refractivity contribution in [2.75, 3.05) is 12.4 Å². The van der Waals surface area contributed by atoms with E-state index in [0.29, 0.717) is 12.3 Å². The first-order chi connectivity index (χ1) is 8.05. The van der Waals surface area contributed by atoms with Gasteiger partial charge in [0.1, 0.15) is 0 Å². The largest absolute Gasteiger partial charge is 0.376 e. The third-order valence-electron chi connectivity index (χ3n) is 3.76. The van der Waals surface area contributed by atoms with Crippen LogP contribution < -0.4 is 10.5 Å². The highest BCUT2D eigenvalue weighted by Gasteiger charge is 2.51. The van der Waals surface area contributed by atoms with Gasteiger partial charge >= 0.3 is 0 Å². The molecule has 0 aromatic heterocycles. The molecule has 1 saturated heterocycles. The summed E-state index contributed by atoms with van der Waals surface area (Å²) in [4.78, 5) is 0. The average molecular weight is 262 g/mol. The number of hydrogen-bond donors (Lipinski definition) is 2. The van der Waals surface area contributed by atoms with Crippen LogP contribution in [0.2, 0.25) is 0 Å². The standard InChI is InChI=1S/C11H22N2O3S/c1-2-3-7-17(14,15)13-10-9(12)8-5-4-6-16-11(8)10/h8-11,13H,2-7,12H2,1H3. The molecule has 0 bridgehead atoms. The van der Waals surface area contributed by atoms with E-state index >= 15 is 0 Å². The van der Waals surface area contributed by atoms with Crippen LogP contribution in [0.25, 0.3) is 0 Å². The molecule has 2 rings (SSSR count). The van der Waals surface area contributed by atoms with Crippen LogP contribution in [0.3, 0.4) is 0 Å². The molecular formula is C11H22N2O3S. The molecule has 4 atom stereocenters. The fourth-order valence-corrected chi connectivity index (χ4v) is 4.19. The monoisotopic (exact) mass is 262 g/mol. The first kappa shape index (κ1) is 13.3. The van der Waals surface area contributed by atoms with Gasteiger partial charge in [-0.15, -0.1) is 0 Å². The Morgan fingerprint density at radius 1 is 1.47 bits per heavy atom. The Kier molecular flexibility index (Phi) is 4.07. The molecule has 0 aromatic rings. The van der Waals surface area contributed by atoms with E-state index in [9.17, 15) is 8.42 Å². The van der Waals surface area contributed by atoms with Gasteiger partial charge in [0.15, 0.2) is 0 Å². The third-order valence-corrected chi connectivity index (χ3v) is 5.22. The Balaban J connectivity index is 1.91. The van der Waals surface area contributed by atoms with Gasteiger partial charge in [0.25, 0.3) is 0 Å². The lowest BCUT2D eigenvalue weighted by atomic mass is 9.69. The van der Waals surface area contributed by atoms with Gasteiger partial charge in [-0.25, -0.2) is 13.1 Å². The first-order valence-corrected chi connectivity index (χ1v) is 8.07. The van der Waals surface area contributed by atoms with Crippen molar-refractivity contribution in [1.29, 1.82) is 0 Å². The number of unbranched alkanes of at least 4 members (excludes halogenated alkanes) is 1. The van der Waals surface area contributed by atoms with E-state index in [-0.39, 0.29) is 23.9 Å². The molecule has 1 aliphatic heterocycles. The summed E-state index contributed by atoms with van der Waals surface area (Å²) in [6.45, 7) is 2.70. The predicted octanol–water partition coefficient (Wildman–Crippen LogP) is 0.211. The normalized spacial score (nSPS) is 37.3. The minimum Gasteiger partial charge on any atom is -0.376 e. The maximum absolute atomic E-state index is 11.8. The molecule has 1 heterocycles. The van der Waals surface area contributed by atoms with Gasteiger partial charge < -0.3 is 10.5 Å². The molecule has 6 heteroatoms. The fraction of sp³-hybridized carbons (Fsp3) is 1.00. The maximum atomic E-state index is 11.8. The molecule has 1 saturated carbocycles. The summed E-state index contributed by atoms with van der Waals surface area (Å²) < 4.78 is 31.9. The van der Waals surface area contributed by atoms with Gasteiger partial charge in [0.2, 0.25) is 10.0 Å². The minimum absolute atomic E-state index is 0.00449. The van der Waals surface area contributed by atoms with Crippen LogP contribution in [0.4, 0.5) is 0 Å². The van der Waals surface area contributed by atoms with E-state index in [1.165, 1.54) is 0 Å². The van der Waals surface area contributed by atoms with Crippen molar-refractivity contribution < 1.29 is 13.2 Å². The van der Waals surface area contributed by atoms with E-state index in [1.807, 2.05) is 6.92 Å². The summed E-state index contributed by atoms with van der Waals surface area (Å²) in [6.07, 6.45) is 3.64. The molecule has 5 nitrogen and oxygen atoms in total. The van der Waals surface area contributed by atoms with Gasteiger partial charge in [0.05, 0.1) is 17.9 Å². The summed E-state index contributed by atoms with van der Waals surface area (Å²) in [5.41, 5.74) is 6.01. The summed E-state index contributed by atoms with van der Waals surface area (Å²) in [5, 5.41) is 0. The second-order valence-corrected chi connectivity index (χ2v) is 6.91. The van der Waals surface area contributed by atoms with Gasteiger partial charge in [-0.2, -0.15) is 0 Å². The molecule has 1 aliphatic carbocycles. The molecule has 2 aliphatic rings. The van der Waals surface area contributed by atoms with E-state index in [0.717, 1.165) is 25.9 Å². The van der Waals surface area contributed by atoms with E-state index in [1.54, 1.807) is 0 Å². The Bertz CT molecular complexity index is 358. The fourth-order valence-electron chi connectivity index (χ4n) is 2.69. The molecule has 2 fully saturated rings. The lowest BCUT2D eigenvalue weighted by Crippen LogP contribution is -2.72. The number of ether oxygens (including phenoxy) is 1. The Morgan fingerprint density at radius 3 is 2.94 bits per heavy atom. The zero-order valence-corrected chi connectivity index (χ0v) is 11.1. The van der Waals surface area contributed by atoms with Gasteiger partial charge in [0, 0.05) is 18.6 Å². The molecule has 4 unspecified atom stereocenters. The number of nitrogens with one attached hydrogen (secondary N) is 1. The van der Waals surface area contributed by atoms with Crippen LogP contribution in [0, 0.1) is 5.92 Å². The highest BCUT2D eigenvalue weighted by Crippen LogP contribution is 2.37. The summed E-state index contributed by atoms with van der Waals surface area (Å²) in [5.74, 6) is 0.520. The number of fused-ring (bicyclic) bond motifs is 1. The Hall–Kier alpha value is -0.170. The lowest BCUT2D eigenvalue weighted by Gasteiger charge is -2.52. The van der Waals surface area contributed by atoms with Crippen molar-refractivity contribution in [2.24, 2.45) is 11.7 Å². The van der Waals surface area contributed by atoms with Gasteiger partial charge in [-0.3, -0.25) is 0 Å². The van der Waals surface area contributed by atoms with Crippen molar-refractivity contribution in [2.45, 2.75) is 50.8 Å². The zero-order chi connectivity index (χ0) is 12.5. The van der Waals surface area contributed by atoms with Crippen molar-refractivity contribution in [3.63, 3.8) is 0 Å². The van der Waals surface area contributed by atoms with Crippen LogP contribution in [-0.2, 0) is 14.8 Å². The SMILES string of the molecule is CCCCS(=O)(=O)NC1C(N)C2CCCOC21. The van der Waals surface area contributed by atoms with E-state index in [2.05, 4.69) is 4.72 Å². The van der Waals surface area contributed by atoms with Crippen LogP contribution in [-0.4, -0.2) is 39.0 Å². The van der Waals surface area contributed by atoms with E-state index < -0.39 is 10.0 Å². The summed E-state index contributed by atoms with van der Waals surface area (Å²) in [7, 11) is -3.20. The smallest absolute Gasteiger partial charge is 0.211 e. The molecule has 0 amide bonds. The maximum Gasteiger partial charge on any atom is 0.211 e. The van der Waals surface area contributed by atoms with Crippen molar-refractivity contribution in [1.82, 2.24) is 4.72 Å². The van der Waals surface area contributed by atoms with Gasteiger partial charge in [-0.1, -0.05) is 13.3 Å². The average Bonchev–Trinajstić information content (AvgIpc) is 2.33. The second-order valence-electron chi connectivity index (χ2n) is 5.03. The highest BCUT2D eigenvalue weighted by atomic mass is 32.2. The molecule has 3 N–H and O–H groups in total. The number of hydrogen-bond acceptors (Lipinski definition) is 4. The van der Waals surface area contributed by atoms with Crippen molar-refractivity contribution in [3.05, 3.63) is 0 Å². The molecule has 0 aromatic carbocycles. The second kappa shape index (κ2) is 5.22. The third kappa shape index (κ3) is 2.81. The number of sulfonamides is 1. The lowest BCUT2D eigenvalue weighted by molar-refractivity contribution is -0.114. The molecule has 100 valence electrons. The van der Waals surface area contributed by atoms with Crippen LogP contribution in [0.5, 0.6) is 0 Å². The Morgan fingerprint density at radius 2 is 2.24 bits per heavy atom. The highest BCUT2D eigenvalue weighted by molar-refractivity contribution is 7.89. The van der Waals surface area contributed by atoms with Crippen LogP contribution >= 0.6 is 0 Å². The van der Waals surface area contributed by atoms with Crippen LogP contribution in [0.1, 0.15) is 32.6 Å². The summed E-state index contributed by atoms with van der Waals surface area (Å²) in [6, 6.07) is -0.307. The van der Waals surface area contributed by atoms with Crippen molar-refractivity contribution in [3.8, 4) is 0 Å². The summed E-state index contributed by atoms with van der Waals surface area (Å²) >= 11 is 0. The topological polar surface area (TPSA) is 81.4 Å². The van der Waals surface area contributed by atoms with E-state index in [4.69, 9.17) is 10.5 Å². The first-order valence-electron chi connectivity index (χ1n) is 6.42. The molecule has 0 spiro atoms. The zero-order valence-electron chi connectivity index (χ0n) is 10.3. The van der Waals surface area contributed by atoms with Crippen LogP contribution in [0.15, 0.2) is 0 Å². The Labute approximate surface area is 103 Å². The number of rotatable bonds is 5. The van der Waals surface area contributed by atoms with Gasteiger partial charge in [-0.05, 0) is 19.3 Å². The van der Waals surface area contributed by atoms with Crippen molar-refractivity contribution >= 4 is 10.0 Å². The minimum atomic E-state index is -3.20. The molecule has 0 radical (unpaired) electrons. The quantitative estimate of drug-likeness (QED) is 0.742. The number of nitrogens with two attached hydrogens (primary N) is 1. The predicted molar refractivity (Wildman–Crippen MR) is 66.1 cm³/mol. The molecule has 17 heavy (non-hydrogen) atoms.